The van der Waals surface area contributed by atoms with E-state index >= 15 is 0 Å². The van der Waals surface area contributed by atoms with Crippen molar-refractivity contribution in [3.8, 4) is 0 Å². The van der Waals surface area contributed by atoms with Crippen molar-refractivity contribution in [1.29, 1.82) is 0 Å². The number of sulfonamides is 1. The van der Waals surface area contributed by atoms with Gasteiger partial charge in [-0.3, -0.25) is 13.9 Å². The largest absolute Gasteiger partial charge is 0.369 e. The molecular weight excluding hydrogens is 390 g/mol. The second-order valence-electron chi connectivity index (χ2n) is 7.00. The van der Waals surface area contributed by atoms with Gasteiger partial charge in [0.15, 0.2) is 0 Å². The lowest BCUT2D eigenvalue weighted by molar-refractivity contribution is -0.123. The maximum absolute atomic E-state index is 12.9. The van der Waals surface area contributed by atoms with Crippen molar-refractivity contribution in [3.63, 3.8) is 0 Å². The summed E-state index contributed by atoms with van der Waals surface area (Å²) in [5, 5.41) is 0. The molecule has 29 heavy (non-hydrogen) atoms. The Kier molecular flexibility index (Phi) is 6.22. The van der Waals surface area contributed by atoms with E-state index in [1.54, 1.807) is 66.4 Å². The highest BCUT2D eigenvalue weighted by molar-refractivity contribution is 7.92. The van der Waals surface area contributed by atoms with E-state index in [1.165, 1.54) is 4.31 Å². The number of hydrogen-bond donors (Lipinski definition) is 1. The monoisotopic (exact) mass is 415 g/mol. The Bertz CT molecular complexity index is 967. The second kappa shape index (κ2) is 8.65. The van der Waals surface area contributed by atoms with Crippen molar-refractivity contribution < 1.29 is 18.0 Å². The van der Waals surface area contributed by atoms with Crippen LogP contribution in [-0.2, 0) is 14.8 Å². The average molecular weight is 416 g/mol. The summed E-state index contributed by atoms with van der Waals surface area (Å²) in [7, 11) is -3.68. The van der Waals surface area contributed by atoms with Gasteiger partial charge >= 0.3 is 0 Å². The van der Waals surface area contributed by atoms with E-state index in [9.17, 15) is 18.0 Å². The smallest absolute Gasteiger partial charge is 0.264 e. The molecule has 0 unspecified atom stereocenters. The summed E-state index contributed by atoms with van der Waals surface area (Å²) in [6, 6.07) is 14.8. The summed E-state index contributed by atoms with van der Waals surface area (Å²) >= 11 is 0. The average Bonchev–Trinajstić information content (AvgIpc) is 2.75. The van der Waals surface area contributed by atoms with E-state index in [0.717, 1.165) is 0 Å². The first-order valence-electron chi connectivity index (χ1n) is 9.61. The normalized spacial score (nSPS) is 15.1. The quantitative estimate of drug-likeness (QED) is 0.782. The Balaban J connectivity index is 1.75. The number of hydrogen-bond acceptors (Lipinski definition) is 4. The molecule has 1 heterocycles. The number of amides is 2. The van der Waals surface area contributed by atoms with Gasteiger partial charge in [0.1, 0.15) is 0 Å². The zero-order valence-corrected chi connectivity index (χ0v) is 17.1. The van der Waals surface area contributed by atoms with Crippen LogP contribution in [-0.4, -0.2) is 44.8 Å². The number of anilines is 1. The highest BCUT2D eigenvalue weighted by Crippen LogP contribution is 2.25. The molecule has 0 aliphatic carbocycles. The lowest BCUT2D eigenvalue weighted by atomic mass is 9.96. The SMILES string of the molecule is CCN(c1ccc(C(=O)N2CCC(C(N)=O)CC2)cc1)S(=O)(=O)c1ccccc1. The van der Waals surface area contributed by atoms with E-state index in [1.807, 2.05) is 0 Å². The van der Waals surface area contributed by atoms with Crippen LogP contribution in [0.1, 0.15) is 30.1 Å². The van der Waals surface area contributed by atoms with E-state index in [2.05, 4.69) is 0 Å². The summed E-state index contributed by atoms with van der Waals surface area (Å²) < 4.78 is 27.2. The fraction of sp³-hybridized carbons (Fsp3) is 0.333. The van der Waals surface area contributed by atoms with Gasteiger partial charge in [-0.25, -0.2) is 8.42 Å². The summed E-state index contributed by atoms with van der Waals surface area (Å²) in [5.41, 5.74) is 6.32. The van der Waals surface area contributed by atoms with Crippen LogP contribution in [0, 0.1) is 5.92 Å². The van der Waals surface area contributed by atoms with E-state index < -0.39 is 10.0 Å². The summed E-state index contributed by atoms with van der Waals surface area (Å²) in [4.78, 5) is 25.9. The lowest BCUT2D eigenvalue weighted by Crippen LogP contribution is -2.41. The van der Waals surface area contributed by atoms with Crippen LogP contribution in [0.3, 0.4) is 0 Å². The first-order valence-corrected chi connectivity index (χ1v) is 11.0. The Labute approximate surface area is 171 Å². The number of nitrogens with zero attached hydrogens (tertiary/aromatic N) is 2. The molecule has 8 heteroatoms. The molecule has 2 N–H and O–H groups in total. The third-order valence-electron chi connectivity index (χ3n) is 5.21. The molecule has 0 spiro atoms. The molecule has 2 amide bonds. The van der Waals surface area contributed by atoms with Crippen molar-refractivity contribution in [3.05, 3.63) is 60.2 Å². The second-order valence-corrected chi connectivity index (χ2v) is 8.86. The van der Waals surface area contributed by atoms with Gasteiger partial charge < -0.3 is 10.6 Å². The van der Waals surface area contributed by atoms with E-state index in [-0.39, 0.29) is 29.2 Å². The molecule has 2 aromatic carbocycles. The van der Waals surface area contributed by atoms with Crippen molar-refractivity contribution in [2.45, 2.75) is 24.7 Å². The van der Waals surface area contributed by atoms with Gasteiger partial charge in [-0.1, -0.05) is 18.2 Å². The molecule has 0 saturated carbocycles. The maximum atomic E-state index is 12.9. The number of nitrogens with two attached hydrogens (primary N) is 1. The summed E-state index contributed by atoms with van der Waals surface area (Å²) in [6.45, 7) is 3.00. The zero-order chi connectivity index (χ0) is 21.0. The van der Waals surface area contributed by atoms with Gasteiger partial charge in [-0.05, 0) is 56.2 Å². The first kappa shape index (κ1) is 20.9. The summed E-state index contributed by atoms with van der Waals surface area (Å²) in [6.07, 6.45) is 1.14. The highest BCUT2D eigenvalue weighted by Gasteiger charge is 2.27. The molecule has 7 nitrogen and oxygen atoms in total. The van der Waals surface area contributed by atoms with Gasteiger partial charge in [0.25, 0.3) is 15.9 Å². The Hall–Kier alpha value is -2.87. The number of carbonyl (C=O) groups is 2. The number of primary amides is 1. The van der Waals surface area contributed by atoms with Crippen molar-refractivity contribution >= 4 is 27.5 Å². The topological polar surface area (TPSA) is 101 Å². The van der Waals surface area contributed by atoms with Crippen LogP contribution in [0.25, 0.3) is 0 Å². The van der Waals surface area contributed by atoms with Gasteiger partial charge in [-0.2, -0.15) is 0 Å². The van der Waals surface area contributed by atoms with Gasteiger partial charge in [0, 0.05) is 31.1 Å². The predicted molar refractivity (Wildman–Crippen MR) is 111 cm³/mol. The van der Waals surface area contributed by atoms with E-state index in [4.69, 9.17) is 5.73 Å². The maximum Gasteiger partial charge on any atom is 0.264 e. The fourth-order valence-corrected chi connectivity index (χ4v) is 5.03. The molecule has 0 atom stereocenters. The molecule has 0 aromatic heterocycles. The van der Waals surface area contributed by atoms with Crippen LogP contribution in [0.4, 0.5) is 5.69 Å². The lowest BCUT2D eigenvalue weighted by Gasteiger charge is -2.30. The number of benzene rings is 2. The number of likely N-dealkylation sites (tertiary alicyclic amines) is 1. The van der Waals surface area contributed by atoms with Crippen LogP contribution in [0.15, 0.2) is 59.5 Å². The molecule has 1 aliphatic rings. The minimum Gasteiger partial charge on any atom is -0.369 e. The molecule has 1 saturated heterocycles. The van der Waals surface area contributed by atoms with Crippen LogP contribution in [0.5, 0.6) is 0 Å². The zero-order valence-electron chi connectivity index (χ0n) is 16.3. The van der Waals surface area contributed by atoms with Crippen LogP contribution < -0.4 is 10.0 Å². The Morgan fingerprint density at radius 1 is 1.03 bits per heavy atom. The van der Waals surface area contributed by atoms with Crippen LogP contribution >= 0.6 is 0 Å². The fourth-order valence-electron chi connectivity index (χ4n) is 3.53. The number of piperidine rings is 1. The molecular formula is C21H25N3O4S. The third kappa shape index (κ3) is 4.42. The Morgan fingerprint density at radius 2 is 1.62 bits per heavy atom. The molecule has 0 radical (unpaired) electrons. The minimum atomic E-state index is -3.68. The standard InChI is InChI=1S/C21H25N3O4S/c1-2-24(29(27,28)19-6-4-3-5-7-19)18-10-8-17(9-11-18)21(26)23-14-12-16(13-15-23)20(22)25/h3-11,16H,2,12-15H2,1H3,(H2,22,25). The summed E-state index contributed by atoms with van der Waals surface area (Å²) in [5.74, 6) is -0.628. The third-order valence-corrected chi connectivity index (χ3v) is 7.12. The Morgan fingerprint density at radius 3 is 2.14 bits per heavy atom. The van der Waals surface area contributed by atoms with Gasteiger partial charge in [0.05, 0.1) is 10.6 Å². The van der Waals surface area contributed by atoms with E-state index in [0.29, 0.717) is 37.2 Å². The first-order chi connectivity index (χ1) is 13.8. The minimum absolute atomic E-state index is 0.131. The molecule has 2 aromatic rings. The molecule has 154 valence electrons. The number of carbonyl (C=O) groups excluding carboxylic acids is 2. The number of rotatable bonds is 6. The highest BCUT2D eigenvalue weighted by atomic mass is 32.2. The predicted octanol–water partition coefficient (Wildman–Crippen LogP) is 2.24. The van der Waals surface area contributed by atoms with Crippen molar-refractivity contribution in [2.75, 3.05) is 23.9 Å². The molecule has 0 bridgehead atoms. The molecule has 3 rings (SSSR count). The van der Waals surface area contributed by atoms with Gasteiger partial charge in [-0.15, -0.1) is 0 Å². The van der Waals surface area contributed by atoms with Gasteiger partial charge in [0.2, 0.25) is 5.91 Å². The molecule has 1 aliphatic heterocycles. The molecule has 1 fully saturated rings. The van der Waals surface area contributed by atoms with Crippen molar-refractivity contribution in [2.24, 2.45) is 11.7 Å². The van der Waals surface area contributed by atoms with Crippen molar-refractivity contribution in [1.82, 2.24) is 4.90 Å². The van der Waals surface area contributed by atoms with Crippen LogP contribution in [0.2, 0.25) is 0 Å².